The second-order valence-corrected chi connectivity index (χ2v) is 4.20. The molecule has 9 nitrogen and oxygen atoms in total. The first-order valence-electron chi connectivity index (χ1n) is 7.01. The predicted molar refractivity (Wildman–Crippen MR) is 80.0 cm³/mol. The van der Waals surface area contributed by atoms with Crippen LogP contribution in [-0.2, 0) is 4.79 Å². The zero-order valence-corrected chi connectivity index (χ0v) is 12.7. The number of likely N-dealkylation sites (N-methyl/N-ethyl adjacent to an activating group) is 2. The number of nitrogen functional groups attached to an aromatic ring is 1. The monoisotopic (exact) mass is 297 g/mol. The van der Waals surface area contributed by atoms with E-state index < -0.39 is 0 Å². The summed E-state index contributed by atoms with van der Waals surface area (Å²) in [6, 6.07) is 0.184. The topological polar surface area (TPSA) is 118 Å². The third-order valence-corrected chi connectivity index (χ3v) is 2.54. The van der Waals surface area contributed by atoms with Crippen molar-refractivity contribution in [3.8, 4) is 6.01 Å². The molecule has 9 heteroatoms. The highest BCUT2D eigenvalue weighted by Crippen LogP contribution is 2.14. The fourth-order valence-corrected chi connectivity index (χ4v) is 1.56. The predicted octanol–water partition coefficient (Wildman–Crippen LogP) is -0.0916. The molecule has 0 radical (unpaired) electrons. The third-order valence-electron chi connectivity index (χ3n) is 2.54. The van der Waals surface area contributed by atoms with E-state index in [-0.39, 0.29) is 24.4 Å². The Hall–Kier alpha value is -2.16. The van der Waals surface area contributed by atoms with Crippen LogP contribution < -0.4 is 26.2 Å². The van der Waals surface area contributed by atoms with Gasteiger partial charge in [-0.1, -0.05) is 6.92 Å². The number of nitrogens with two attached hydrogens (primary N) is 1. The normalized spacial score (nSPS) is 10.1. The van der Waals surface area contributed by atoms with Gasteiger partial charge >= 0.3 is 6.01 Å². The summed E-state index contributed by atoms with van der Waals surface area (Å²) in [6.45, 7) is 7.56. The molecular formula is C12H23N7O2. The summed E-state index contributed by atoms with van der Waals surface area (Å²) in [5.41, 5.74) is 2.37. The molecule has 118 valence electrons. The van der Waals surface area contributed by atoms with Crippen LogP contribution in [0.2, 0.25) is 0 Å². The fourth-order valence-electron chi connectivity index (χ4n) is 1.56. The van der Waals surface area contributed by atoms with Crippen molar-refractivity contribution in [1.82, 2.24) is 20.3 Å². The maximum Gasteiger partial charge on any atom is 0.323 e. The van der Waals surface area contributed by atoms with Gasteiger partial charge < -0.3 is 15.0 Å². The van der Waals surface area contributed by atoms with E-state index in [4.69, 9.17) is 10.6 Å². The third kappa shape index (κ3) is 5.38. The van der Waals surface area contributed by atoms with Gasteiger partial charge in [-0.25, -0.2) is 5.84 Å². The molecule has 0 spiro atoms. The molecule has 21 heavy (non-hydrogen) atoms. The number of hydrogen-bond acceptors (Lipinski definition) is 8. The van der Waals surface area contributed by atoms with Crippen LogP contribution in [0, 0.1) is 0 Å². The average Bonchev–Trinajstić information content (AvgIpc) is 2.50. The number of rotatable bonds is 9. The van der Waals surface area contributed by atoms with E-state index in [1.165, 1.54) is 0 Å². The minimum Gasteiger partial charge on any atom is -0.463 e. The number of carbonyl (C=O) groups is 1. The lowest BCUT2D eigenvalue weighted by molar-refractivity contribution is -0.119. The van der Waals surface area contributed by atoms with Crippen LogP contribution in [0.3, 0.4) is 0 Å². The minimum absolute atomic E-state index is 0.0990. The van der Waals surface area contributed by atoms with Crippen molar-refractivity contribution in [1.29, 1.82) is 0 Å². The molecule has 1 heterocycles. The van der Waals surface area contributed by atoms with Gasteiger partial charge in [0.2, 0.25) is 17.8 Å². The second kappa shape index (κ2) is 8.90. The van der Waals surface area contributed by atoms with E-state index >= 15 is 0 Å². The molecule has 1 aromatic heterocycles. The average molecular weight is 297 g/mol. The highest BCUT2D eigenvalue weighted by Gasteiger charge is 2.15. The zero-order valence-electron chi connectivity index (χ0n) is 12.7. The van der Waals surface area contributed by atoms with E-state index in [1.54, 1.807) is 4.90 Å². The summed E-state index contributed by atoms with van der Waals surface area (Å²) >= 11 is 0. The molecular weight excluding hydrogens is 274 g/mol. The minimum atomic E-state index is -0.0990. The lowest BCUT2D eigenvalue weighted by Gasteiger charge is -2.20. The van der Waals surface area contributed by atoms with Gasteiger partial charge in [0.25, 0.3) is 0 Å². The number of nitrogens with one attached hydrogen (secondary N) is 2. The number of nitrogens with zero attached hydrogens (tertiary/aromatic N) is 4. The number of amides is 1. The van der Waals surface area contributed by atoms with Crippen molar-refractivity contribution in [3.63, 3.8) is 0 Å². The quantitative estimate of drug-likeness (QED) is 0.427. The summed E-state index contributed by atoms with van der Waals surface area (Å²) in [6.07, 6.45) is 0.836. The summed E-state index contributed by atoms with van der Waals surface area (Å²) in [4.78, 5) is 25.8. The summed E-state index contributed by atoms with van der Waals surface area (Å²) in [7, 11) is 0. The molecule has 0 aromatic carbocycles. The molecule has 1 rings (SSSR count). The van der Waals surface area contributed by atoms with E-state index in [9.17, 15) is 4.79 Å². The Morgan fingerprint density at radius 2 is 2.05 bits per heavy atom. The maximum atomic E-state index is 11.7. The van der Waals surface area contributed by atoms with Gasteiger partial charge in [0, 0.05) is 13.1 Å². The number of aromatic nitrogens is 3. The second-order valence-electron chi connectivity index (χ2n) is 4.20. The molecule has 0 saturated heterocycles. The van der Waals surface area contributed by atoms with Gasteiger partial charge in [-0.05, 0) is 20.3 Å². The van der Waals surface area contributed by atoms with Crippen LogP contribution in [0.15, 0.2) is 0 Å². The highest BCUT2D eigenvalue weighted by atomic mass is 16.5. The molecule has 0 aliphatic heterocycles. The van der Waals surface area contributed by atoms with E-state index in [1.807, 2.05) is 20.8 Å². The number of anilines is 2. The van der Waals surface area contributed by atoms with Crippen molar-refractivity contribution in [2.45, 2.75) is 27.2 Å². The fraction of sp³-hybridized carbons (Fsp3) is 0.667. The largest absolute Gasteiger partial charge is 0.463 e. The van der Waals surface area contributed by atoms with Crippen LogP contribution >= 0.6 is 0 Å². The number of hydrazine groups is 1. The standard InChI is InChI=1S/C12H23N7O2/c1-4-7-21-12-16-10(18-13)15-11(17-12)19(6-3)8-9(20)14-5-2/h4-8,13H2,1-3H3,(H,14,20)(H,15,16,17,18). The van der Waals surface area contributed by atoms with Crippen molar-refractivity contribution in [3.05, 3.63) is 0 Å². The molecule has 0 bridgehead atoms. The number of ether oxygens (including phenoxy) is 1. The van der Waals surface area contributed by atoms with Gasteiger partial charge in [-0.2, -0.15) is 15.0 Å². The summed E-state index contributed by atoms with van der Waals surface area (Å²) in [5, 5.41) is 2.73. The SMILES string of the molecule is CCCOc1nc(NN)nc(N(CC)CC(=O)NCC)n1. The lowest BCUT2D eigenvalue weighted by atomic mass is 10.4. The summed E-state index contributed by atoms with van der Waals surface area (Å²) < 4.78 is 5.40. The Labute approximate surface area is 124 Å². The molecule has 1 aromatic rings. The molecule has 0 aliphatic carbocycles. The Kier molecular flexibility index (Phi) is 7.16. The molecule has 4 N–H and O–H groups in total. The van der Waals surface area contributed by atoms with Gasteiger partial charge in [0.15, 0.2) is 0 Å². The van der Waals surface area contributed by atoms with Crippen LogP contribution in [0.4, 0.5) is 11.9 Å². The Bertz CT molecular complexity index is 455. The first kappa shape index (κ1) is 16.9. The van der Waals surface area contributed by atoms with Crippen molar-refractivity contribution in [2.24, 2.45) is 5.84 Å². The first-order valence-corrected chi connectivity index (χ1v) is 7.01. The molecule has 0 saturated carbocycles. The Morgan fingerprint density at radius 3 is 2.62 bits per heavy atom. The molecule has 0 aliphatic rings. The van der Waals surface area contributed by atoms with Gasteiger partial charge in [0.1, 0.15) is 0 Å². The van der Waals surface area contributed by atoms with Crippen LogP contribution in [0.1, 0.15) is 27.2 Å². The van der Waals surface area contributed by atoms with Crippen molar-refractivity contribution in [2.75, 3.05) is 36.6 Å². The van der Waals surface area contributed by atoms with Crippen LogP contribution in [0.5, 0.6) is 6.01 Å². The van der Waals surface area contributed by atoms with Crippen LogP contribution in [-0.4, -0.2) is 47.1 Å². The molecule has 0 fully saturated rings. The molecule has 0 unspecified atom stereocenters. The maximum absolute atomic E-state index is 11.7. The van der Waals surface area contributed by atoms with Gasteiger partial charge in [-0.15, -0.1) is 0 Å². The highest BCUT2D eigenvalue weighted by molar-refractivity contribution is 5.80. The Balaban J connectivity index is 2.93. The van der Waals surface area contributed by atoms with Gasteiger partial charge in [-0.3, -0.25) is 10.2 Å². The smallest absolute Gasteiger partial charge is 0.323 e. The van der Waals surface area contributed by atoms with E-state index in [0.717, 1.165) is 6.42 Å². The Morgan fingerprint density at radius 1 is 1.29 bits per heavy atom. The molecule has 0 atom stereocenters. The number of hydrogen-bond donors (Lipinski definition) is 3. The lowest BCUT2D eigenvalue weighted by Crippen LogP contribution is -2.38. The summed E-state index contributed by atoms with van der Waals surface area (Å²) in [5.74, 6) is 5.79. The number of carbonyl (C=O) groups excluding carboxylic acids is 1. The van der Waals surface area contributed by atoms with E-state index in [0.29, 0.717) is 25.6 Å². The van der Waals surface area contributed by atoms with Crippen LogP contribution in [0.25, 0.3) is 0 Å². The first-order chi connectivity index (χ1) is 10.1. The van der Waals surface area contributed by atoms with Crippen molar-refractivity contribution < 1.29 is 9.53 Å². The zero-order chi connectivity index (χ0) is 15.7. The van der Waals surface area contributed by atoms with Crippen molar-refractivity contribution >= 4 is 17.8 Å². The molecule has 1 amide bonds. The van der Waals surface area contributed by atoms with Gasteiger partial charge in [0.05, 0.1) is 13.2 Å². The van der Waals surface area contributed by atoms with E-state index in [2.05, 4.69) is 25.7 Å².